The van der Waals surface area contributed by atoms with Crippen LogP contribution in [0.15, 0.2) is 143 Å². The molecule has 6 heteroatoms. The number of hydrogen-bond acceptors (Lipinski definition) is 6. The number of para-hydroxylation sites is 4. The fourth-order valence-electron chi connectivity index (χ4n) is 5.28. The predicted molar refractivity (Wildman–Crippen MR) is 169 cm³/mol. The van der Waals surface area contributed by atoms with E-state index in [1.807, 2.05) is 97.1 Å². The van der Waals surface area contributed by atoms with Crippen LogP contribution < -0.4 is 10.6 Å². The fourth-order valence-corrected chi connectivity index (χ4v) is 5.28. The van der Waals surface area contributed by atoms with Crippen molar-refractivity contribution < 1.29 is 9.47 Å². The lowest BCUT2D eigenvalue weighted by Gasteiger charge is -2.17. The number of rotatable bonds is 8. The summed E-state index contributed by atoms with van der Waals surface area (Å²) in [6.45, 7) is 1.05. The Balaban J connectivity index is 1.15. The van der Waals surface area contributed by atoms with E-state index in [9.17, 15) is 0 Å². The summed E-state index contributed by atoms with van der Waals surface area (Å²) in [4.78, 5) is 9.83. The summed E-state index contributed by atoms with van der Waals surface area (Å²) in [6, 6.07) is 44.9. The van der Waals surface area contributed by atoms with Gasteiger partial charge in [0.15, 0.2) is 0 Å². The van der Waals surface area contributed by atoms with Gasteiger partial charge in [-0.15, -0.1) is 0 Å². The van der Waals surface area contributed by atoms with E-state index in [0.717, 1.165) is 45.0 Å². The van der Waals surface area contributed by atoms with Crippen molar-refractivity contribution in [2.24, 2.45) is 9.98 Å². The van der Waals surface area contributed by atoms with Crippen LogP contribution in [0.5, 0.6) is 0 Å². The Bertz CT molecular complexity index is 1620. The molecule has 0 bridgehead atoms. The number of nitrogens with zero attached hydrogens (tertiary/aromatic N) is 2. The summed E-state index contributed by atoms with van der Waals surface area (Å²) < 4.78 is 12.2. The monoisotopic (exact) mass is 550 g/mol. The minimum absolute atomic E-state index is 0.0121. The molecule has 5 aromatic rings. The molecule has 2 aliphatic rings. The number of hydrogen-bond donors (Lipinski definition) is 2. The second-order valence-electron chi connectivity index (χ2n) is 10.2. The Morgan fingerprint density at radius 2 is 0.786 bits per heavy atom. The van der Waals surface area contributed by atoms with Crippen molar-refractivity contribution in [3.8, 4) is 0 Å². The first-order valence-corrected chi connectivity index (χ1v) is 14.1. The van der Waals surface area contributed by atoms with Gasteiger partial charge in [0.05, 0.1) is 33.9 Å². The van der Waals surface area contributed by atoms with Crippen LogP contribution in [0.2, 0.25) is 0 Å². The minimum atomic E-state index is -0.0121. The van der Waals surface area contributed by atoms with Gasteiger partial charge in [-0.1, -0.05) is 97.1 Å². The van der Waals surface area contributed by atoms with E-state index in [2.05, 4.69) is 47.0 Å². The zero-order valence-corrected chi connectivity index (χ0v) is 23.0. The Morgan fingerprint density at radius 1 is 0.429 bits per heavy atom. The molecule has 2 N–H and O–H groups in total. The average molecular weight is 551 g/mol. The molecular weight excluding hydrogens is 520 g/mol. The van der Waals surface area contributed by atoms with Crippen LogP contribution in [-0.4, -0.2) is 25.0 Å². The van der Waals surface area contributed by atoms with Gasteiger partial charge in [-0.05, 0) is 47.5 Å². The van der Waals surface area contributed by atoms with E-state index < -0.39 is 0 Å². The summed E-state index contributed by atoms with van der Waals surface area (Å²) in [5.41, 5.74) is 7.83. The zero-order valence-electron chi connectivity index (χ0n) is 23.0. The summed E-state index contributed by atoms with van der Waals surface area (Å²) in [6.07, 6.45) is 0. The molecule has 0 spiro atoms. The second kappa shape index (κ2) is 11.6. The maximum absolute atomic E-state index is 6.09. The van der Waals surface area contributed by atoms with E-state index in [1.54, 1.807) is 0 Å². The second-order valence-corrected chi connectivity index (χ2v) is 10.2. The molecule has 2 heterocycles. The molecule has 6 nitrogen and oxygen atoms in total. The van der Waals surface area contributed by atoms with E-state index in [-0.39, 0.29) is 12.1 Å². The van der Waals surface area contributed by atoms with E-state index >= 15 is 0 Å². The molecule has 7 rings (SSSR count). The third kappa shape index (κ3) is 5.34. The molecule has 206 valence electrons. The number of ether oxygens (including phenoxy) is 2. The van der Waals surface area contributed by atoms with Crippen molar-refractivity contribution in [3.05, 3.63) is 156 Å². The van der Waals surface area contributed by atoms with Gasteiger partial charge in [-0.2, -0.15) is 0 Å². The van der Waals surface area contributed by atoms with Crippen molar-refractivity contribution in [2.45, 2.75) is 12.1 Å². The molecule has 2 atom stereocenters. The van der Waals surface area contributed by atoms with Gasteiger partial charge in [0.2, 0.25) is 11.8 Å². The van der Waals surface area contributed by atoms with Gasteiger partial charge >= 0.3 is 0 Å². The van der Waals surface area contributed by atoms with Crippen LogP contribution >= 0.6 is 0 Å². The lowest BCUT2D eigenvalue weighted by atomic mass is 10.1. The Hall–Kier alpha value is -5.36. The molecular formula is C36H30N4O2. The predicted octanol–water partition coefficient (Wildman–Crippen LogP) is 8.21. The highest BCUT2D eigenvalue weighted by atomic mass is 16.5. The Labute approximate surface area is 245 Å². The van der Waals surface area contributed by atoms with Crippen molar-refractivity contribution in [2.75, 3.05) is 23.8 Å². The fraction of sp³-hybridized carbons (Fsp3) is 0.111. The maximum Gasteiger partial charge on any atom is 0.219 e. The standard InChI is InChI=1S/C36H30N4O2/c1-3-13-25(14-4-1)33-23-41-35(39-33)27-17-7-9-19-29(27)37-31-21-11-12-22-32(31)38-30-20-10-8-18-28(30)36-40-34(24-42-36)26-15-5-2-6-16-26/h1-22,33-34,37-38H,23-24H2/t33-,34-/m1/s1. The molecule has 5 aromatic carbocycles. The molecule has 0 saturated carbocycles. The third-order valence-electron chi connectivity index (χ3n) is 7.45. The van der Waals surface area contributed by atoms with Crippen molar-refractivity contribution in [1.29, 1.82) is 0 Å². The summed E-state index contributed by atoms with van der Waals surface area (Å²) >= 11 is 0. The first kappa shape index (κ1) is 25.6. The largest absolute Gasteiger partial charge is 0.475 e. The summed E-state index contributed by atoms with van der Waals surface area (Å²) in [5.74, 6) is 1.29. The molecule has 0 aromatic heterocycles. The normalized spacial score (nSPS) is 17.5. The van der Waals surface area contributed by atoms with E-state index in [1.165, 1.54) is 0 Å². The maximum atomic E-state index is 6.09. The molecule has 0 unspecified atom stereocenters. The van der Waals surface area contributed by atoms with E-state index in [4.69, 9.17) is 19.5 Å². The molecule has 0 amide bonds. The number of benzene rings is 5. The molecule has 0 radical (unpaired) electrons. The smallest absolute Gasteiger partial charge is 0.219 e. The van der Waals surface area contributed by atoms with Crippen LogP contribution in [0.4, 0.5) is 22.7 Å². The average Bonchev–Trinajstić information content (AvgIpc) is 3.75. The lowest BCUT2D eigenvalue weighted by Crippen LogP contribution is -2.08. The van der Waals surface area contributed by atoms with Gasteiger partial charge < -0.3 is 20.1 Å². The molecule has 0 aliphatic carbocycles. The zero-order chi connectivity index (χ0) is 28.1. The van der Waals surface area contributed by atoms with E-state index in [0.29, 0.717) is 25.0 Å². The molecule has 2 aliphatic heterocycles. The minimum Gasteiger partial charge on any atom is -0.475 e. The van der Waals surface area contributed by atoms with Crippen LogP contribution in [0.3, 0.4) is 0 Å². The quantitative estimate of drug-likeness (QED) is 0.204. The van der Waals surface area contributed by atoms with Crippen molar-refractivity contribution >= 4 is 34.5 Å². The third-order valence-corrected chi connectivity index (χ3v) is 7.45. The molecule has 0 fully saturated rings. The number of anilines is 4. The van der Waals surface area contributed by atoms with Crippen LogP contribution in [0, 0.1) is 0 Å². The highest BCUT2D eigenvalue weighted by molar-refractivity contribution is 6.03. The van der Waals surface area contributed by atoms with Gasteiger partial charge in [-0.3, -0.25) is 0 Å². The summed E-state index contributed by atoms with van der Waals surface area (Å²) in [7, 11) is 0. The van der Waals surface area contributed by atoms with Gasteiger partial charge in [0.1, 0.15) is 25.3 Å². The summed E-state index contributed by atoms with van der Waals surface area (Å²) in [5, 5.41) is 7.25. The molecule has 42 heavy (non-hydrogen) atoms. The van der Waals surface area contributed by atoms with Crippen molar-refractivity contribution in [3.63, 3.8) is 0 Å². The Morgan fingerprint density at radius 3 is 1.21 bits per heavy atom. The van der Waals surface area contributed by atoms with Gasteiger partial charge in [-0.25, -0.2) is 9.98 Å². The Kier molecular flexibility index (Phi) is 7.09. The van der Waals surface area contributed by atoms with Gasteiger partial charge in [0.25, 0.3) is 0 Å². The first-order valence-electron chi connectivity index (χ1n) is 14.1. The SMILES string of the molecule is c1ccc([C@H]2COC(c3ccccc3Nc3ccccc3Nc3ccccc3C3=N[C@@H](c4ccccc4)CO3)=N2)cc1. The highest BCUT2D eigenvalue weighted by Gasteiger charge is 2.25. The van der Waals surface area contributed by atoms with Crippen LogP contribution in [0.1, 0.15) is 34.3 Å². The van der Waals surface area contributed by atoms with Crippen LogP contribution in [0.25, 0.3) is 0 Å². The molecule has 0 saturated heterocycles. The highest BCUT2D eigenvalue weighted by Crippen LogP contribution is 2.34. The number of nitrogens with one attached hydrogen (secondary N) is 2. The first-order chi connectivity index (χ1) is 20.8. The lowest BCUT2D eigenvalue weighted by molar-refractivity contribution is 0.320. The van der Waals surface area contributed by atoms with Gasteiger partial charge in [0, 0.05) is 0 Å². The van der Waals surface area contributed by atoms with Crippen molar-refractivity contribution in [1.82, 2.24) is 0 Å². The number of aliphatic imine (C=N–C) groups is 2. The van der Waals surface area contributed by atoms with Crippen LogP contribution in [-0.2, 0) is 9.47 Å². The topological polar surface area (TPSA) is 67.2 Å².